The van der Waals surface area contributed by atoms with E-state index in [9.17, 15) is 4.79 Å². The van der Waals surface area contributed by atoms with Crippen molar-refractivity contribution >= 4 is 65.8 Å². The first kappa shape index (κ1) is 18.7. The summed E-state index contributed by atoms with van der Waals surface area (Å²) < 4.78 is 1.87. The fourth-order valence-electron chi connectivity index (χ4n) is 2.99. The number of benzene rings is 2. The van der Waals surface area contributed by atoms with Crippen LogP contribution < -0.4 is 10.2 Å². The van der Waals surface area contributed by atoms with Crippen molar-refractivity contribution in [1.82, 2.24) is 9.88 Å². The van der Waals surface area contributed by atoms with Gasteiger partial charge in [0.2, 0.25) is 0 Å². The number of nitrogens with zero attached hydrogens (tertiary/aromatic N) is 3. The van der Waals surface area contributed by atoms with Crippen LogP contribution in [-0.4, -0.2) is 49.0 Å². The molecule has 1 saturated heterocycles. The van der Waals surface area contributed by atoms with E-state index in [0.29, 0.717) is 10.6 Å². The van der Waals surface area contributed by atoms with E-state index in [1.54, 1.807) is 23.5 Å². The highest BCUT2D eigenvalue weighted by Crippen LogP contribution is 2.31. The van der Waals surface area contributed by atoms with E-state index in [1.807, 2.05) is 24.3 Å². The number of likely N-dealkylation sites (N-methyl/N-ethyl adjacent to an activating group) is 1. The highest BCUT2D eigenvalue weighted by atomic mass is 79.9. The molecular formula is C19H18BrClN4OS. The highest BCUT2D eigenvalue weighted by Gasteiger charge is 2.18. The predicted molar refractivity (Wildman–Crippen MR) is 116 cm³/mol. The number of aromatic nitrogens is 1. The molecule has 1 aromatic heterocycles. The first-order valence-electron chi connectivity index (χ1n) is 8.60. The number of piperazine rings is 1. The van der Waals surface area contributed by atoms with Gasteiger partial charge in [0.15, 0.2) is 5.13 Å². The van der Waals surface area contributed by atoms with Crippen LogP contribution in [0.3, 0.4) is 0 Å². The number of anilines is 2. The number of fused-ring (bicyclic) bond motifs is 1. The molecule has 0 saturated carbocycles. The van der Waals surface area contributed by atoms with Crippen LogP contribution in [0, 0.1) is 0 Å². The number of hydrogen-bond acceptors (Lipinski definition) is 5. The van der Waals surface area contributed by atoms with E-state index in [2.05, 4.69) is 38.1 Å². The van der Waals surface area contributed by atoms with Gasteiger partial charge in [0.1, 0.15) is 0 Å². The molecule has 2 aromatic carbocycles. The average molecular weight is 466 g/mol. The zero-order valence-corrected chi connectivity index (χ0v) is 17.9. The molecule has 0 spiro atoms. The van der Waals surface area contributed by atoms with Crippen LogP contribution in [-0.2, 0) is 0 Å². The molecule has 1 amide bonds. The minimum atomic E-state index is -0.232. The van der Waals surface area contributed by atoms with Crippen molar-refractivity contribution in [1.29, 1.82) is 0 Å². The summed E-state index contributed by atoms with van der Waals surface area (Å²) >= 11 is 11.2. The van der Waals surface area contributed by atoms with Gasteiger partial charge in [0.25, 0.3) is 5.91 Å². The van der Waals surface area contributed by atoms with Gasteiger partial charge < -0.3 is 15.1 Å². The van der Waals surface area contributed by atoms with E-state index in [4.69, 9.17) is 16.6 Å². The molecule has 1 N–H and O–H groups in total. The minimum Gasteiger partial charge on any atom is -0.345 e. The maximum Gasteiger partial charge on any atom is 0.257 e. The average Bonchev–Trinajstić information content (AvgIpc) is 3.07. The maximum atomic E-state index is 12.6. The Hall–Kier alpha value is -1.67. The Bertz CT molecular complexity index is 1000. The monoisotopic (exact) mass is 464 g/mol. The Labute approximate surface area is 175 Å². The lowest BCUT2D eigenvalue weighted by atomic mass is 10.2. The molecule has 4 rings (SSSR count). The fraction of sp³-hybridized carbons (Fsp3) is 0.263. The molecule has 0 atom stereocenters. The van der Waals surface area contributed by atoms with E-state index >= 15 is 0 Å². The Morgan fingerprint density at radius 1 is 1.19 bits per heavy atom. The third kappa shape index (κ3) is 4.11. The second-order valence-electron chi connectivity index (χ2n) is 6.55. The molecule has 0 radical (unpaired) electrons. The summed E-state index contributed by atoms with van der Waals surface area (Å²) in [4.78, 5) is 22.0. The van der Waals surface area contributed by atoms with Crippen molar-refractivity contribution in [3.8, 4) is 0 Å². The van der Waals surface area contributed by atoms with Crippen molar-refractivity contribution in [2.45, 2.75) is 0 Å². The number of thiazole rings is 1. The van der Waals surface area contributed by atoms with Crippen LogP contribution in [0.25, 0.3) is 10.2 Å². The van der Waals surface area contributed by atoms with E-state index in [0.717, 1.165) is 51.7 Å². The number of rotatable bonds is 3. The Balaban J connectivity index is 1.55. The summed E-state index contributed by atoms with van der Waals surface area (Å²) in [5, 5.41) is 4.39. The second-order valence-corrected chi connectivity index (χ2v) is 8.88. The molecule has 1 aliphatic heterocycles. The van der Waals surface area contributed by atoms with E-state index in [1.165, 1.54) is 0 Å². The molecule has 1 fully saturated rings. The summed E-state index contributed by atoms with van der Waals surface area (Å²) in [7, 11) is 2.14. The third-order valence-electron chi connectivity index (χ3n) is 4.58. The molecular weight excluding hydrogens is 448 g/mol. The number of amides is 1. The van der Waals surface area contributed by atoms with Crippen LogP contribution in [0.2, 0.25) is 5.02 Å². The van der Waals surface area contributed by atoms with Gasteiger partial charge in [-0.15, -0.1) is 0 Å². The fourth-order valence-corrected chi connectivity index (χ4v) is 4.61. The topological polar surface area (TPSA) is 48.5 Å². The summed E-state index contributed by atoms with van der Waals surface area (Å²) in [6.45, 7) is 4.07. The summed E-state index contributed by atoms with van der Waals surface area (Å²) in [6.07, 6.45) is 0. The smallest absolute Gasteiger partial charge is 0.257 e. The molecule has 3 aromatic rings. The van der Waals surface area contributed by atoms with Gasteiger partial charge in [0.05, 0.1) is 20.8 Å². The normalized spacial score (nSPS) is 15.3. The molecule has 1 aliphatic rings. The van der Waals surface area contributed by atoms with Crippen LogP contribution in [0.1, 0.15) is 10.4 Å². The Morgan fingerprint density at radius 3 is 2.74 bits per heavy atom. The first-order chi connectivity index (χ1) is 13.0. The molecule has 2 heterocycles. The van der Waals surface area contributed by atoms with Crippen LogP contribution in [0.4, 0.5) is 10.8 Å². The number of nitrogens with one attached hydrogen (secondary N) is 1. The lowest BCUT2D eigenvalue weighted by Crippen LogP contribution is -2.44. The summed E-state index contributed by atoms with van der Waals surface area (Å²) in [5.74, 6) is -0.232. The number of carbonyl (C=O) groups is 1. The first-order valence-corrected chi connectivity index (χ1v) is 10.6. The molecule has 0 aliphatic carbocycles. The number of carbonyl (C=O) groups excluding carboxylic acids is 1. The minimum absolute atomic E-state index is 0.232. The van der Waals surface area contributed by atoms with Crippen molar-refractivity contribution in [3.63, 3.8) is 0 Å². The summed E-state index contributed by atoms with van der Waals surface area (Å²) in [6, 6.07) is 11.0. The van der Waals surface area contributed by atoms with Crippen molar-refractivity contribution < 1.29 is 4.79 Å². The van der Waals surface area contributed by atoms with Gasteiger partial charge in [-0.05, 0) is 43.4 Å². The molecule has 27 heavy (non-hydrogen) atoms. The largest absolute Gasteiger partial charge is 0.345 e. The standard InChI is InChI=1S/C19H18BrClN4OS/c1-24-6-8-25(9-7-24)19-23-16-5-3-13(11-17(16)27-19)22-18(26)14-10-12(20)2-4-15(14)21/h2-5,10-11H,6-9H2,1H3,(H,22,26). The van der Waals surface area contributed by atoms with Gasteiger partial charge in [0, 0.05) is 36.3 Å². The van der Waals surface area contributed by atoms with E-state index in [-0.39, 0.29) is 5.91 Å². The lowest BCUT2D eigenvalue weighted by molar-refractivity contribution is 0.102. The molecule has 5 nitrogen and oxygen atoms in total. The quantitative estimate of drug-likeness (QED) is 0.608. The highest BCUT2D eigenvalue weighted by molar-refractivity contribution is 9.10. The SMILES string of the molecule is CN1CCN(c2nc3ccc(NC(=O)c4cc(Br)ccc4Cl)cc3s2)CC1. The number of hydrogen-bond donors (Lipinski definition) is 1. The summed E-state index contributed by atoms with van der Waals surface area (Å²) in [5.41, 5.74) is 2.12. The third-order valence-corrected chi connectivity index (χ3v) is 6.48. The van der Waals surface area contributed by atoms with E-state index < -0.39 is 0 Å². The van der Waals surface area contributed by atoms with Crippen LogP contribution in [0.5, 0.6) is 0 Å². The molecule has 8 heteroatoms. The van der Waals surface area contributed by atoms with Gasteiger partial charge >= 0.3 is 0 Å². The molecule has 0 unspecified atom stereocenters. The predicted octanol–water partition coefficient (Wildman–Crippen LogP) is 4.72. The zero-order valence-electron chi connectivity index (χ0n) is 14.7. The van der Waals surface area contributed by atoms with Gasteiger partial charge in [-0.2, -0.15) is 0 Å². The van der Waals surface area contributed by atoms with Crippen LogP contribution in [0.15, 0.2) is 40.9 Å². The number of halogens is 2. The zero-order chi connectivity index (χ0) is 19.0. The maximum absolute atomic E-state index is 12.6. The second kappa shape index (κ2) is 7.75. The Morgan fingerprint density at radius 2 is 1.96 bits per heavy atom. The van der Waals surface area contributed by atoms with Gasteiger partial charge in [-0.3, -0.25) is 4.79 Å². The van der Waals surface area contributed by atoms with Gasteiger partial charge in [-0.1, -0.05) is 38.9 Å². The van der Waals surface area contributed by atoms with Crippen molar-refractivity contribution in [3.05, 3.63) is 51.5 Å². The molecule has 140 valence electrons. The molecule has 0 bridgehead atoms. The van der Waals surface area contributed by atoms with Gasteiger partial charge in [-0.25, -0.2) is 4.98 Å². The van der Waals surface area contributed by atoms with Crippen LogP contribution >= 0.6 is 38.9 Å². The van der Waals surface area contributed by atoms with Crippen molar-refractivity contribution in [2.75, 3.05) is 43.4 Å². The van der Waals surface area contributed by atoms with Crippen molar-refractivity contribution in [2.24, 2.45) is 0 Å². The lowest BCUT2D eigenvalue weighted by Gasteiger charge is -2.31. The Kier molecular flexibility index (Phi) is 5.36.